The predicted octanol–water partition coefficient (Wildman–Crippen LogP) is 13.4. The Morgan fingerprint density at radius 3 is 1.11 bits per heavy atom. The highest BCUT2D eigenvalue weighted by molar-refractivity contribution is 5.76. The minimum Gasteiger partial charge on any atom is -0.394 e. The first-order chi connectivity index (χ1) is 49.3. The molecule has 3 aliphatic heterocycles. The second-order valence-electron chi connectivity index (χ2n) is 28.5. The quantitative estimate of drug-likeness (QED) is 0.0199. The Kier molecular flexibility index (Phi) is 56.6. The lowest BCUT2D eigenvalue weighted by atomic mass is 9.96. The van der Waals surface area contributed by atoms with E-state index >= 15 is 0 Å². The SMILES string of the molecule is CC/C=C\C/C=C\C/C=C\C/C=C\CCCCCCCCCCCCCCCCCCCCCCCCCCC(=O)NC(COC1OC(CO)C(OC2OC(CO)C(OC3OC(CO)C(O)C(O)C3O)C(O)C2O)C(O)C1O)C(O)/C=C/CC/C=C/CC/C=C/CCCCCCCCCCC. The molecule has 3 fully saturated rings. The molecule has 0 radical (unpaired) electrons. The predicted molar refractivity (Wildman–Crippen MR) is 401 cm³/mol. The molecule has 0 bridgehead atoms. The van der Waals surface area contributed by atoms with E-state index in [0.717, 1.165) is 70.6 Å². The summed E-state index contributed by atoms with van der Waals surface area (Å²) >= 11 is 0. The van der Waals surface area contributed by atoms with Gasteiger partial charge >= 0.3 is 0 Å². The number of nitrogens with one attached hydrogen (secondary N) is 1. The van der Waals surface area contributed by atoms with E-state index in [1.165, 1.54) is 193 Å². The number of hydrogen-bond acceptors (Lipinski definition) is 18. The van der Waals surface area contributed by atoms with E-state index < -0.39 is 124 Å². The minimum absolute atomic E-state index is 0.232. The minimum atomic E-state index is -1.98. The molecule has 3 aliphatic rings. The average Bonchev–Trinajstić information content (AvgIpc) is 0.789. The number of ether oxygens (including phenoxy) is 6. The molecular formula is C82H145NO18. The normalized spacial score (nSPS) is 26.8. The number of hydrogen-bond donors (Lipinski definition) is 12. The summed E-state index contributed by atoms with van der Waals surface area (Å²) in [6, 6.07) is -0.999. The second kappa shape index (κ2) is 62.1. The number of aliphatic hydroxyl groups excluding tert-OH is 11. The van der Waals surface area contributed by atoms with Crippen molar-refractivity contribution in [1.29, 1.82) is 0 Å². The lowest BCUT2D eigenvalue weighted by Crippen LogP contribution is -2.66. The monoisotopic (exact) mass is 1430 g/mol. The third kappa shape index (κ3) is 42.2. The fourth-order valence-corrected chi connectivity index (χ4v) is 13.2. The van der Waals surface area contributed by atoms with Gasteiger partial charge < -0.3 is 89.9 Å². The molecular weight excluding hydrogens is 1290 g/mol. The lowest BCUT2D eigenvalue weighted by Gasteiger charge is -2.48. The number of allylic oxidation sites excluding steroid dienone is 13. The van der Waals surface area contributed by atoms with Crippen LogP contribution < -0.4 is 5.32 Å². The Morgan fingerprint density at radius 1 is 0.366 bits per heavy atom. The molecule has 19 nitrogen and oxygen atoms in total. The average molecular weight is 1430 g/mol. The Balaban J connectivity index is 1.33. The van der Waals surface area contributed by atoms with Crippen molar-refractivity contribution >= 4 is 5.91 Å². The molecule has 12 N–H and O–H groups in total. The summed E-state index contributed by atoms with van der Waals surface area (Å²) in [6.07, 6.45) is 55.9. The Morgan fingerprint density at radius 2 is 0.693 bits per heavy atom. The molecule has 0 spiro atoms. The largest absolute Gasteiger partial charge is 0.394 e. The van der Waals surface area contributed by atoms with Gasteiger partial charge in [-0.3, -0.25) is 4.79 Å². The zero-order valence-electron chi connectivity index (χ0n) is 62.6. The number of carbonyl (C=O) groups is 1. The van der Waals surface area contributed by atoms with Crippen LogP contribution in [0.2, 0.25) is 0 Å². The summed E-state index contributed by atoms with van der Waals surface area (Å²) in [5.41, 5.74) is 0. The summed E-state index contributed by atoms with van der Waals surface area (Å²) in [4.78, 5) is 13.5. The van der Waals surface area contributed by atoms with Crippen molar-refractivity contribution in [1.82, 2.24) is 5.32 Å². The number of carbonyl (C=O) groups excluding carboxylic acids is 1. The summed E-state index contributed by atoms with van der Waals surface area (Å²) in [5.74, 6) is -0.287. The molecule has 101 heavy (non-hydrogen) atoms. The third-order valence-corrected chi connectivity index (χ3v) is 19.7. The second-order valence-corrected chi connectivity index (χ2v) is 28.5. The van der Waals surface area contributed by atoms with Gasteiger partial charge in [-0.15, -0.1) is 0 Å². The van der Waals surface area contributed by atoms with Crippen molar-refractivity contribution in [3.05, 3.63) is 85.1 Å². The maximum absolute atomic E-state index is 13.5. The molecule has 0 saturated carbocycles. The zero-order chi connectivity index (χ0) is 73.2. The molecule has 3 rings (SSSR count). The zero-order valence-corrected chi connectivity index (χ0v) is 62.6. The highest BCUT2D eigenvalue weighted by atomic mass is 16.8. The Labute approximate surface area is 610 Å². The van der Waals surface area contributed by atoms with E-state index in [1.807, 2.05) is 6.08 Å². The Bertz CT molecular complexity index is 2150. The molecule has 3 heterocycles. The van der Waals surface area contributed by atoms with Crippen LogP contribution >= 0.6 is 0 Å². The number of unbranched alkanes of at least 4 members (excludes halogenated alkanes) is 35. The van der Waals surface area contributed by atoms with Gasteiger partial charge in [-0.25, -0.2) is 0 Å². The summed E-state index contributed by atoms with van der Waals surface area (Å²) < 4.78 is 34.4. The van der Waals surface area contributed by atoms with Crippen LogP contribution in [0.4, 0.5) is 0 Å². The smallest absolute Gasteiger partial charge is 0.220 e. The summed E-state index contributed by atoms with van der Waals surface area (Å²) in [7, 11) is 0. The number of aliphatic hydroxyl groups is 11. The molecule has 0 aromatic heterocycles. The fraction of sp³-hybridized carbons (Fsp3) is 0.817. The van der Waals surface area contributed by atoms with E-state index in [-0.39, 0.29) is 18.9 Å². The van der Waals surface area contributed by atoms with Crippen LogP contribution in [0.15, 0.2) is 85.1 Å². The first-order valence-corrected chi connectivity index (χ1v) is 40.3. The van der Waals surface area contributed by atoms with E-state index in [0.29, 0.717) is 12.8 Å². The molecule has 0 aliphatic carbocycles. The molecule has 586 valence electrons. The maximum atomic E-state index is 13.5. The van der Waals surface area contributed by atoms with Crippen LogP contribution in [-0.2, 0) is 33.2 Å². The van der Waals surface area contributed by atoms with Gasteiger partial charge in [-0.05, 0) is 83.5 Å². The van der Waals surface area contributed by atoms with Crippen molar-refractivity contribution in [2.45, 2.75) is 401 Å². The van der Waals surface area contributed by atoms with Crippen molar-refractivity contribution < 1.29 is 89.4 Å². The van der Waals surface area contributed by atoms with Crippen LogP contribution in [0.3, 0.4) is 0 Å². The van der Waals surface area contributed by atoms with E-state index in [9.17, 15) is 61.0 Å². The van der Waals surface area contributed by atoms with Gasteiger partial charge in [0.15, 0.2) is 18.9 Å². The summed E-state index contributed by atoms with van der Waals surface area (Å²) in [5, 5.41) is 121. The Hall–Kier alpha value is -3.03. The lowest BCUT2D eigenvalue weighted by molar-refractivity contribution is -0.379. The van der Waals surface area contributed by atoms with Gasteiger partial charge in [0.25, 0.3) is 0 Å². The molecule has 17 unspecified atom stereocenters. The van der Waals surface area contributed by atoms with E-state index in [1.54, 1.807) is 6.08 Å². The van der Waals surface area contributed by atoms with Crippen molar-refractivity contribution in [2.24, 2.45) is 0 Å². The van der Waals surface area contributed by atoms with Crippen LogP contribution in [0.5, 0.6) is 0 Å². The van der Waals surface area contributed by atoms with E-state index in [2.05, 4.69) is 92.1 Å². The van der Waals surface area contributed by atoms with Gasteiger partial charge in [0.1, 0.15) is 73.2 Å². The van der Waals surface area contributed by atoms with Gasteiger partial charge in [0.05, 0.1) is 38.6 Å². The molecule has 0 aromatic rings. The van der Waals surface area contributed by atoms with Gasteiger partial charge in [-0.1, -0.05) is 292 Å². The highest BCUT2D eigenvalue weighted by Crippen LogP contribution is 2.33. The van der Waals surface area contributed by atoms with E-state index in [4.69, 9.17) is 28.4 Å². The van der Waals surface area contributed by atoms with Crippen LogP contribution in [-0.4, -0.2) is 193 Å². The van der Waals surface area contributed by atoms with Crippen LogP contribution in [0, 0.1) is 0 Å². The van der Waals surface area contributed by atoms with Gasteiger partial charge in [-0.2, -0.15) is 0 Å². The topological polar surface area (TPSA) is 307 Å². The number of rotatable bonds is 63. The molecule has 0 aromatic carbocycles. The number of amides is 1. The molecule has 19 heteroatoms. The van der Waals surface area contributed by atoms with Gasteiger partial charge in [0.2, 0.25) is 5.91 Å². The van der Waals surface area contributed by atoms with Gasteiger partial charge in [0, 0.05) is 6.42 Å². The first-order valence-electron chi connectivity index (χ1n) is 40.3. The molecule has 1 amide bonds. The van der Waals surface area contributed by atoms with Crippen LogP contribution in [0.1, 0.15) is 296 Å². The van der Waals surface area contributed by atoms with Crippen LogP contribution in [0.25, 0.3) is 0 Å². The molecule has 17 atom stereocenters. The third-order valence-electron chi connectivity index (χ3n) is 19.7. The first kappa shape index (κ1) is 92.2. The maximum Gasteiger partial charge on any atom is 0.220 e. The standard InChI is InChI=1S/C82H145NO18/c1-3-5-7-9-11-13-15-17-19-21-23-24-25-26-27-28-29-30-31-32-33-34-35-36-37-38-39-40-42-44-46-48-50-52-54-56-58-60-70(88)83-65(66(87)59-57-55-53-51-49-47-45-43-41-22-20-18-16-14-12-10-8-6-4-2)64-96-80-76(94)73(91)78(68(62-85)98-80)101-82-77(95)74(92)79(69(63-86)99-82)100-81-75(93)72(90)71(89)67(61-84)97-81/h5,7,11,13,17,19,23-24,41,43,49,51,57,59,65-69,71-82,84-87,89-95H,3-4,6,8-10,12,14-16,18,20-22,25-40,42,44-48,50,52-56,58,60-64H2,1-2H3,(H,83,88)/b7-5-,13-11-,19-17-,24-23-,43-41+,51-49+,59-57+. The van der Waals surface area contributed by atoms with Crippen molar-refractivity contribution in [3.8, 4) is 0 Å². The molecule has 3 saturated heterocycles. The summed E-state index contributed by atoms with van der Waals surface area (Å²) in [6.45, 7) is 1.61. The van der Waals surface area contributed by atoms with Crippen molar-refractivity contribution in [3.63, 3.8) is 0 Å². The highest BCUT2D eigenvalue weighted by Gasteiger charge is 2.54. The fourth-order valence-electron chi connectivity index (χ4n) is 13.2. The van der Waals surface area contributed by atoms with Crippen molar-refractivity contribution in [2.75, 3.05) is 26.4 Å².